The van der Waals surface area contributed by atoms with E-state index in [9.17, 15) is 13.2 Å². The van der Waals surface area contributed by atoms with Crippen molar-refractivity contribution < 1.29 is 26.9 Å². The van der Waals surface area contributed by atoms with Crippen molar-refractivity contribution in [2.75, 3.05) is 12.3 Å². The summed E-state index contributed by atoms with van der Waals surface area (Å²) in [6, 6.07) is 1.78. The smallest absolute Gasteiger partial charge is 0.407 e. The van der Waals surface area contributed by atoms with Gasteiger partial charge in [-0.05, 0) is 25.3 Å². The monoisotopic (exact) mass is 419 g/mol. The normalized spacial score (nSPS) is 12.2. The van der Waals surface area contributed by atoms with Gasteiger partial charge in [0.1, 0.15) is 6.10 Å². The number of hydrogen-bond donors (Lipinski definition) is 2. The van der Waals surface area contributed by atoms with Gasteiger partial charge in [0, 0.05) is 12.1 Å². The zero-order valence-corrected chi connectivity index (χ0v) is 17.0. The molecule has 8 heteroatoms. The van der Waals surface area contributed by atoms with Crippen molar-refractivity contribution in [2.45, 2.75) is 84.7 Å². The summed E-state index contributed by atoms with van der Waals surface area (Å²) in [7, 11) is -4.01. The molecule has 1 aromatic heterocycles. The van der Waals surface area contributed by atoms with Gasteiger partial charge in [-0.3, -0.25) is 4.55 Å². The first-order chi connectivity index (χ1) is 12.9. The molecule has 164 valence electrons. The van der Waals surface area contributed by atoms with Crippen LogP contribution in [0.25, 0.3) is 0 Å². The maximum absolute atomic E-state index is 11.9. The van der Waals surface area contributed by atoms with Crippen molar-refractivity contribution in [3.8, 4) is 0 Å². The predicted octanol–water partition coefficient (Wildman–Crippen LogP) is 5.49. The Morgan fingerprint density at radius 3 is 2.36 bits per heavy atom. The number of ether oxygens (including phenoxy) is 1. The van der Waals surface area contributed by atoms with E-state index in [1.165, 1.54) is 38.5 Å². The molecule has 1 atom stereocenters. The van der Waals surface area contributed by atoms with Crippen LogP contribution in [-0.2, 0) is 14.9 Å². The molecule has 1 rings (SSSR count). The zero-order valence-electron chi connectivity index (χ0n) is 16.2. The molecule has 0 fully saturated rings. The van der Waals surface area contributed by atoms with E-state index in [1.807, 2.05) is 0 Å². The van der Waals surface area contributed by atoms with E-state index < -0.39 is 22.0 Å². The maximum Gasteiger partial charge on any atom is 0.407 e. The van der Waals surface area contributed by atoms with Crippen LogP contribution in [0, 0.1) is 0 Å². The lowest BCUT2D eigenvalue weighted by atomic mass is 10.0. The Balaban J connectivity index is 0.00000729. The molecule has 1 aromatic rings. The summed E-state index contributed by atoms with van der Waals surface area (Å²) < 4.78 is 40.5. The number of alkyl carbamates (subject to hydrolysis) is 1. The van der Waals surface area contributed by atoms with Crippen LogP contribution < -0.4 is 5.32 Å². The maximum atomic E-state index is 11.9. The summed E-state index contributed by atoms with van der Waals surface area (Å²) in [6.07, 6.45) is 12.6. The fourth-order valence-electron chi connectivity index (χ4n) is 2.83. The van der Waals surface area contributed by atoms with E-state index in [4.69, 9.17) is 13.7 Å². The summed E-state index contributed by atoms with van der Waals surface area (Å²) in [5, 5.41) is 2.51. The molecule has 0 aliphatic carbocycles. The number of amides is 1. The molecule has 0 aromatic carbocycles. The Hall–Kier alpha value is -1.54. The van der Waals surface area contributed by atoms with Gasteiger partial charge in [0.05, 0.1) is 18.3 Å². The van der Waals surface area contributed by atoms with Crippen LogP contribution >= 0.6 is 0 Å². The highest BCUT2D eigenvalue weighted by atomic mass is 32.2. The highest BCUT2D eigenvalue weighted by Crippen LogP contribution is 2.25. The average Bonchev–Trinajstić information content (AvgIpc) is 3.14. The van der Waals surface area contributed by atoms with Gasteiger partial charge in [0.15, 0.2) is 0 Å². The summed E-state index contributed by atoms with van der Waals surface area (Å²) in [4.78, 5) is 11.9. The SMILES string of the molecule is C.CCCCCCCCCCC(OC(=O)NCCCS(=O)(=O)O)c1ccoc1. The third kappa shape index (κ3) is 13.6. The minimum Gasteiger partial charge on any atom is -0.472 e. The van der Waals surface area contributed by atoms with Crippen molar-refractivity contribution >= 4 is 16.2 Å². The summed E-state index contributed by atoms with van der Waals surface area (Å²) in [5.74, 6) is -0.392. The van der Waals surface area contributed by atoms with E-state index in [-0.39, 0.29) is 26.5 Å². The van der Waals surface area contributed by atoms with Crippen molar-refractivity contribution in [3.05, 3.63) is 24.2 Å². The van der Waals surface area contributed by atoms with Crippen LogP contribution in [0.1, 0.15) is 90.2 Å². The molecule has 0 spiro atoms. The number of rotatable bonds is 15. The third-order valence-corrected chi connectivity index (χ3v) is 5.14. The number of nitrogens with one attached hydrogen (secondary N) is 1. The first-order valence-electron chi connectivity index (χ1n) is 9.84. The standard InChI is InChI=1S/C19H33NO6S.CH4/c1-2-3-4-5-6-7-8-9-11-18(17-12-14-25-16-17)26-19(21)20-13-10-15-27(22,23)24;/h12,14,16,18H,2-11,13,15H2,1H3,(H,20,21)(H,22,23,24);1H4. The number of carbonyl (C=O) groups excluding carboxylic acids is 1. The van der Waals surface area contributed by atoms with Crippen LogP contribution in [0.15, 0.2) is 23.0 Å². The lowest BCUT2D eigenvalue weighted by molar-refractivity contribution is 0.0905. The number of carbonyl (C=O) groups is 1. The molecule has 1 unspecified atom stereocenters. The highest BCUT2D eigenvalue weighted by Gasteiger charge is 2.17. The first kappa shape index (κ1) is 26.5. The number of unbranched alkanes of at least 4 members (excludes halogenated alkanes) is 7. The Kier molecular flexibility index (Phi) is 14.5. The molecule has 0 bridgehead atoms. The lowest BCUT2D eigenvalue weighted by Crippen LogP contribution is -2.28. The van der Waals surface area contributed by atoms with Crippen molar-refractivity contribution in [1.82, 2.24) is 5.32 Å². The molecule has 0 saturated heterocycles. The Morgan fingerprint density at radius 2 is 1.79 bits per heavy atom. The van der Waals surface area contributed by atoms with Gasteiger partial charge < -0.3 is 14.5 Å². The fourth-order valence-corrected chi connectivity index (χ4v) is 3.34. The van der Waals surface area contributed by atoms with E-state index in [2.05, 4.69) is 12.2 Å². The van der Waals surface area contributed by atoms with E-state index in [0.29, 0.717) is 6.42 Å². The first-order valence-corrected chi connectivity index (χ1v) is 11.4. The molecule has 1 heterocycles. The summed E-state index contributed by atoms with van der Waals surface area (Å²) in [5.41, 5.74) is 0.811. The summed E-state index contributed by atoms with van der Waals surface area (Å²) in [6.45, 7) is 2.33. The quantitative estimate of drug-likeness (QED) is 0.287. The van der Waals surface area contributed by atoms with Crippen molar-refractivity contribution in [3.63, 3.8) is 0 Å². The number of hydrogen-bond acceptors (Lipinski definition) is 5. The van der Waals surface area contributed by atoms with Gasteiger partial charge >= 0.3 is 6.09 Å². The van der Waals surface area contributed by atoms with Crippen LogP contribution in [0.3, 0.4) is 0 Å². The molecule has 28 heavy (non-hydrogen) atoms. The fraction of sp³-hybridized carbons (Fsp3) is 0.750. The minimum atomic E-state index is -4.01. The molecular weight excluding hydrogens is 382 g/mol. The largest absolute Gasteiger partial charge is 0.472 e. The second-order valence-electron chi connectivity index (χ2n) is 6.78. The Bertz CT molecular complexity index is 600. The molecule has 0 saturated carbocycles. The predicted molar refractivity (Wildman–Crippen MR) is 111 cm³/mol. The van der Waals surface area contributed by atoms with Gasteiger partial charge in [0.2, 0.25) is 0 Å². The van der Waals surface area contributed by atoms with Crippen LogP contribution in [0.4, 0.5) is 4.79 Å². The van der Waals surface area contributed by atoms with Crippen molar-refractivity contribution in [1.29, 1.82) is 0 Å². The van der Waals surface area contributed by atoms with Gasteiger partial charge in [0.25, 0.3) is 10.1 Å². The van der Waals surface area contributed by atoms with Gasteiger partial charge in [-0.2, -0.15) is 8.42 Å². The van der Waals surface area contributed by atoms with E-state index >= 15 is 0 Å². The molecule has 0 aliphatic heterocycles. The third-order valence-electron chi connectivity index (χ3n) is 4.33. The highest BCUT2D eigenvalue weighted by molar-refractivity contribution is 7.85. The molecule has 7 nitrogen and oxygen atoms in total. The van der Waals surface area contributed by atoms with Crippen molar-refractivity contribution in [2.24, 2.45) is 0 Å². The molecule has 1 amide bonds. The van der Waals surface area contributed by atoms with Crippen LogP contribution in [0.2, 0.25) is 0 Å². The minimum absolute atomic E-state index is 0. The molecule has 2 N–H and O–H groups in total. The van der Waals surface area contributed by atoms with Crippen LogP contribution in [-0.4, -0.2) is 31.4 Å². The molecule has 0 radical (unpaired) electrons. The van der Waals surface area contributed by atoms with Gasteiger partial charge in [-0.25, -0.2) is 4.79 Å². The van der Waals surface area contributed by atoms with E-state index in [0.717, 1.165) is 18.4 Å². The Labute approximate surface area is 170 Å². The Morgan fingerprint density at radius 1 is 1.14 bits per heavy atom. The molecular formula is C20H37NO6S. The second kappa shape index (κ2) is 15.4. The second-order valence-corrected chi connectivity index (χ2v) is 8.35. The topological polar surface area (TPSA) is 106 Å². The number of furan rings is 1. The van der Waals surface area contributed by atoms with Crippen LogP contribution in [0.5, 0.6) is 0 Å². The molecule has 0 aliphatic rings. The van der Waals surface area contributed by atoms with Gasteiger partial charge in [-0.15, -0.1) is 0 Å². The van der Waals surface area contributed by atoms with Gasteiger partial charge in [-0.1, -0.05) is 59.3 Å². The lowest BCUT2D eigenvalue weighted by Gasteiger charge is -2.17. The average molecular weight is 420 g/mol. The summed E-state index contributed by atoms with van der Waals surface area (Å²) >= 11 is 0. The zero-order chi connectivity index (χ0) is 20.0. The van der Waals surface area contributed by atoms with E-state index in [1.54, 1.807) is 18.6 Å².